The summed E-state index contributed by atoms with van der Waals surface area (Å²) in [5.41, 5.74) is 0.893. The highest BCUT2D eigenvalue weighted by atomic mass is 32.2. The Morgan fingerprint density at radius 3 is 2.67 bits per heavy atom. The number of carboxylic acids is 1. The SMILES string of the molecule is Cc1cc(F)ccc1NC(=O)C1CCCN1S(=O)(=O)c1ccc(C(=O)O)o1. The Labute approximate surface area is 154 Å². The van der Waals surface area contributed by atoms with Gasteiger partial charge in [-0.05, 0) is 55.7 Å². The van der Waals surface area contributed by atoms with Crippen molar-refractivity contribution < 1.29 is 31.9 Å². The number of amides is 1. The van der Waals surface area contributed by atoms with Crippen LogP contribution in [0.2, 0.25) is 0 Å². The molecule has 1 saturated heterocycles. The lowest BCUT2D eigenvalue weighted by Crippen LogP contribution is -2.43. The Hall–Kier alpha value is -2.72. The van der Waals surface area contributed by atoms with Crippen molar-refractivity contribution in [1.82, 2.24) is 4.31 Å². The zero-order valence-electron chi connectivity index (χ0n) is 14.3. The summed E-state index contributed by atoms with van der Waals surface area (Å²) in [7, 11) is -4.17. The number of carboxylic acid groups (broad SMARTS) is 1. The van der Waals surface area contributed by atoms with Crippen LogP contribution in [0, 0.1) is 12.7 Å². The molecule has 2 aromatic rings. The normalized spacial score (nSPS) is 17.8. The molecule has 144 valence electrons. The number of hydrogen-bond acceptors (Lipinski definition) is 5. The van der Waals surface area contributed by atoms with Crippen LogP contribution in [0.3, 0.4) is 0 Å². The van der Waals surface area contributed by atoms with Crippen molar-refractivity contribution >= 4 is 27.6 Å². The van der Waals surface area contributed by atoms with Gasteiger partial charge in [0.05, 0.1) is 0 Å². The van der Waals surface area contributed by atoms with E-state index in [-0.39, 0.29) is 6.54 Å². The number of benzene rings is 1. The van der Waals surface area contributed by atoms with Gasteiger partial charge in [-0.15, -0.1) is 0 Å². The topological polar surface area (TPSA) is 117 Å². The third-order valence-electron chi connectivity index (χ3n) is 4.31. The van der Waals surface area contributed by atoms with Crippen LogP contribution in [0.15, 0.2) is 39.8 Å². The molecule has 1 amide bonds. The minimum Gasteiger partial charge on any atom is -0.475 e. The number of carbonyl (C=O) groups excluding carboxylic acids is 1. The molecule has 0 saturated carbocycles. The summed E-state index contributed by atoms with van der Waals surface area (Å²) in [4.78, 5) is 23.5. The highest BCUT2D eigenvalue weighted by Gasteiger charge is 2.41. The Bertz CT molecular complexity index is 1000. The molecule has 27 heavy (non-hydrogen) atoms. The van der Waals surface area contributed by atoms with E-state index in [1.165, 1.54) is 18.2 Å². The molecule has 1 atom stereocenters. The van der Waals surface area contributed by atoms with Gasteiger partial charge in [-0.3, -0.25) is 4.79 Å². The maximum absolute atomic E-state index is 13.2. The van der Waals surface area contributed by atoms with Gasteiger partial charge in [-0.25, -0.2) is 17.6 Å². The molecule has 1 unspecified atom stereocenters. The van der Waals surface area contributed by atoms with E-state index in [9.17, 15) is 22.4 Å². The van der Waals surface area contributed by atoms with Crippen molar-refractivity contribution in [2.45, 2.75) is 30.9 Å². The van der Waals surface area contributed by atoms with Crippen molar-refractivity contribution in [3.05, 3.63) is 47.5 Å². The first-order valence-electron chi connectivity index (χ1n) is 8.12. The summed E-state index contributed by atoms with van der Waals surface area (Å²) in [6.45, 7) is 1.73. The van der Waals surface area contributed by atoms with Gasteiger partial charge in [0, 0.05) is 12.2 Å². The van der Waals surface area contributed by atoms with Crippen molar-refractivity contribution in [3.8, 4) is 0 Å². The summed E-state index contributed by atoms with van der Waals surface area (Å²) in [5.74, 6) is -2.88. The molecular weight excluding hydrogens is 379 g/mol. The number of rotatable bonds is 5. The molecule has 3 rings (SSSR count). The molecule has 0 radical (unpaired) electrons. The molecule has 1 aliphatic heterocycles. The molecular formula is C17H17FN2O6S. The molecule has 0 spiro atoms. The second kappa shape index (κ2) is 7.12. The van der Waals surface area contributed by atoms with Crippen LogP contribution in [0.1, 0.15) is 29.0 Å². The van der Waals surface area contributed by atoms with Gasteiger partial charge in [0.2, 0.25) is 16.8 Å². The first-order valence-corrected chi connectivity index (χ1v) is 9.56. The second-order valence-electron chi connectivity index (χ2n) is 6.15. The second-order valence-corrected chi connectivity index (χ2v) is 7.97. The van der Waals surface area contributed by atoms with E-state index in [0.717, 1.165) is 16.4 Å². The fourth-order valence-electron chi connectivity index (χ4n) is 2.96. The van der Waals surface area contributed by atoms with E-state index >= 15 is 0 Å². The molecule has 1 aliphatic rings. The zero-order chi connectivity index (χ0) is 19.8. The quantitative estimate of drug-likeness (QED) is 0.800. The smallest absolute Gasteiger partial charge is 0.371 e. The molecule has 0 aliphatic carbocycles. The number of nitrogens with zero attached hydrogens (tertiary/aromatic N) is 1. The van der Waals surface area contributed by atoms with Crippen LogP contribution >= 0.6 is 0 Å². The van der Waals surface area contributed by atoms with Crippen LogP contribution in [0.25, 0.3) is 0 Å². The minimum absolute atomic E-state index is 0.103. The maximum Gasteiger partial charge on any atom is 0.371 e. The molecule has 8 nitrogen and oxygen atoms in total. The third-order valence-corrected chi connectivity index (χ3v) is 6.09. The number of furan rings is 1. The Morgan fingerprint density at radius 2 is 2.04 bits per heavy atom. The molecule has 1 fully saturated rings. The number of hydrogen-bond donors (Lipinski definition) is 2. The minimum atomic E-state index is -4.17. The standard InChI is InChI=1S/C17H17FN2O6S/c1-10-9-11(18)4-5-12(10)19-16(21)13-3-2-8-20(13)27(24,25)15-7-6-14(26-15)17(22)23/h4-7,9,13H,2-3,8H2,1H3,(H,19,21)(H,22,23). The summed E-state index contributed by atoms with van der Waals surface area (Å²) in [5, 5.41) is 11.0. The predicted octanol–water partition coefficient (Wildman–Crippen LogP) is 2.22. The van der Waals surface area contributed by atoms with Gasteiger partial charge < -0.3 is 14.8 Å². The van der Waals surface area contributed by atoms with Crippen LogP contribution < -0.4 is 5.32 Å². The molecule has 2 N–H and O–H groups in total. The molecule has 0 bridgehead atoms. The van der Waals surface area contributed by atoms with Crippen LogP contribution in [-0.2, 0) is 14.8 Å². The third kappa shape index (κ3) is 3.71. The van der Waals surface area contributed by atoms with Crippen molar-refractivity contribution in [1.29, 1.82) is 0 Å². The summed E-state index contributed by atoms with van der Waals surface area (Å²) in [6, 6.07) is 4.98. The Kier molecular flexibility index (Phi) is 5.03. The largest absolute Gasteiger partial charge is 0.475 e. The lowest BCUT2D eigenvalue weighted by atomic mass is 10.1. The van der Waals surface area contributed by atoms with Crippen LogP contribution in [0.4, 0.5) is 10.1 Å². The van der Waals surface area contributed by atoms with Gasteiger partial charge >= 0.3 is 5.97 Å². The van der Waals surface area contributed by atoms with Gasteiger partial charge in [0.1, 0.15) is 11.9 Å². The van der Waals surface area contributed by atoms with Crippen molar-refractivity contribution in [2.75, 3.05) is 11.9 Å². The van der Waals surface area contributed by atoms with Gasteiger partial charge in [0.15, 0.2) is 0 Å². The Morgan fingerprint density at radius 1 is 1.30 bits per heavy atom. The number of aromatic carboxylic acids is 1. The highest BCUT2D eigenvalue weighted by molar-refractivity contribution is 7.89. The number of nitrogens with one attached hydrogen (secondary N) is 1. The monoisotopic (exact) mass is 396 g/mol. The average Bonchev–Trinajstić information content (AvgIpc) is 3.27. The van der Waals surface area contributed by atoms with Gasteiger partial charge in [0.25, 0.3) is 10.0 Å². The number of halogens is 1. The lowest BCUT2D eigenvalue weighted by Gasteiger charge is -2.22. The first kappa shape index (κ1) is 19.1. The van der Waals surface area contributed by atoms with E-state index < -0.39 is 44.6 Å². The van der Waals surface area contributed by atoms with Gasteiger partial charge in [-0.2, -0.15) is 4.31 Å². The van der Waals surface area contributed by atoms with E-state index in [1.807, 2.05) is 0 Å². The van der Waals surface area contributed by atoms with Crippen LogP contribution in [-0.4, -0.2) is 42.3 Å². The zero-order valence-corrected chi connectivity index (χ0v) is 15.1. The number of sulfonamides is 1. The molecule has 1 aromatic carbocycles. The van der Waals surface area contributed by atoms with E-state index in [4.69, 9.17) is 9.52 Å². The number of anilines is 1. The molecule has 2 heterocycles. The van der Waals surface area contributed by atoms with E-state index in [0.29, 0.717) is 24.1 Å². The van der Waals surface area contributed by atoms with Crippen molar-refractivity contribution in [2.24, 2.45) is 0 Å². The summed E-state index contributed by atoms with van der Waals surface area (Å²) in [6.07, 6.45) is 0.768. The lowest BCUT2D eigenvalue weighted by molar-refractivity contribution is -0.119. The number of aryl methyl sites for hydroxylation is 1. The fraction of sp³-hybridized carbons (Fsp3) is 0.294. The Balaban J connectivity index is 1.83. The average molecular weight is 396 g/mol. The predicted molar refractivity (Wildman–Crippen MR) is 92.3 cm³/mol. The van der Waals surface area contributed by atoms with Gasteiger partial charge in [-0.1, -0.05) is 0 Å². The van der Waals surface area contributed by atoms with Crippen molar-refractivity contribution in [3.63, 3.8) is 0 Å². The summed E-state index contributed by atoms with van der Waals surface area (Å²) < 4.78 is 44.6. The maximum atomic E-state index is 13.2. The summed E-state index contributed by atoms with van der Waals surface area (Å²) >= 11 is 0. The van der Waals surface area contributed by atoms with Crippen LogP contribution in [0.5, 0.6) is 0 Å². The number of carbonyl (C=O) groups is 2. The van der Waals surface area contributed by atoms with E-state index in [1.54, 1.807) is 6.92 Å². The highest BCUT2D eigenvalue weighted by Crippen LogP contribution is 2.28. The van der Waals surface area contributed by atoms with E-state index in [2.05, 4.69) is 5.32 Å². The first-order chi connectivity index (χ1) is 12.7. The molecule has 10 heteroatoms. The molecule has 1 aromatic heterocycles. The fourth-order valence-corrected chi connectivity index (χ4v) is 4.53.